The molecule has 1 aliphatic rings. The van der Waals surface area contributed by atoms with Crippen molar-refractivity contribution < 1.29 is 22.7 Å². The number of hydrogen-bond donors (Lipinski definition) is 1. The Kier molecular flexibility index (Phi) is 10.2. The van der Waals surface area contributed by atoms with Crippen molar-refractivity contribution in [3.8, 4) is 5.75 Å². The molecule has 1 N–H and O–H groups in total. The lowest BCUT2D eigenvalue weighted by Gasteiger charge is -2.34. The maximum Gasteiger partial charge on any atom is 0.244 e. The number of hydrogen-bond acceptors (Lipinski definition) is 5. The summed E-state index contributed by atoms with van der Waals surface area (Å²) in [7, 11) is -2.20. The summed E-state index contributed by atoms with van der Waals surface area (Å²) in [4.78, 5) is 28.9. The summed E-state index contributed by atoms with van der Waals surface area (Å²) >= 11 is 0. The van der Waals surface area contributed by atoms with Gasteiger partial charge in [0.1, 0.15) is 18.3 Å². The van der Waals surface area contributed by atoms with Crippen LogP contribution in [0.3, 0.4) is 0 Å². The Morgan fingerprint density at radius 3 is 2.16 bits per heavy atom. The molecule has 2 amide bonds. The molecule has 2 aromatic rings. The Bertz CT molecular complexity index is 1190. The van der Waals surface area contributed by atoms with E-state index in [2.05, 4.69) is 5.32 Å². The predicted molar refractivity (Wildman–Crippen MR) is 151 cm³/mol. The van der Waals surface area contributed by atoms with E-state index in [1.165, 1.54) is 11.3 Å². The molecule has 0 aliphatic heterocycles. The van der Waals surface area contributed by atoms with Crippen molar-refractivity contribution in [2.24, 2.45) is 0 Å². The van der Waals surface area contributed by atoms with E-state index in [-0.39, 0.29) is 18.5 Å². The number of aryl methyl sites for hydroxylation is 2. The largest absolute Gasteiger partial charge is 0.497 e. The molecule has 0 heterocycles. The number of methoxy groups -OCH3 is 1. The third kappa shape index (κ3) is 7.49. The van der Waals surface area contributed by atoms with Gasteiger partial charge in [0, 0.05) is 12.6 Å². The highest BCUT2D eigenvalue weighted by Gasteiger charge is 2.33. The molecule has 2 aromatic carbocycles. The Balaban J connectivity index is 1.95. The molecule has 3 rings (SSSR count). The van der Waals surface area contributed by atoms with Crippen LogP contribution in [-0.4, -0.2) is 57.1 Å². The number of benzene rings is 2. The summed E-state index contributed by atoms with van der Waals surface area (Å²) < 4.78 is 32.3. The van der Waals surface area contributed by atoms with Crippen LogP contribution >= 0.6 is 0 Å². The van der Waals surface area contributed by atoms with Gasteiger partial charge in [0.2, 0.25) is 21.8 Å². The average Bonchev–Trinajstić information content (AvgIpc) is 2.88. The van der Waals surface area contributed by atoms with Crippen molar-refractivity contribution in [1.82, 2.24) is 10.2 Å². The van der Waals surface area contributed by atoms with Gasteiger partial charge in [0.05, 0.1) is 19.1 Å². The Labute approximate surface area is 227 Å². The van der Waals surface area contributed by atoms with E-state index >= 15 is 0 Å². The monoisotopic (exact) mass is 543 g/mol. The lowest BCUT2D eigenvalue weighted by molar-refractivity contribution is -0.140. The minimum atomic E-state index is -3.78. The molecule has 1 saturated carbocycles. The molecule has 9 heteroatoms. The zero-order valence-corrected chi connectivity index (χ0v) is 24.0. The van der Waals surface area contributed by atoms with Crippen molar-refractivity contribution >= 4 is 27.5 Å². The van der Waals surface area contributed by atoms with Crippen molar-refractivity contribution in [3.05, 3.63) is 59.2 Å². The SMILES string of the molecule is CCC(C(=O)NC1CCCCC1)N(Cc1ccc(OC)cc1)C(=O)CN(c1c(C)cccc1C)S(C)(=O)=O. The van der Waals surface area contributed by atoms with Crippen LogP contribution in [0.25, 0.3) is 0 Å². The Morgan fingerprint density at radius 1 is 1.03 bits per heavy atom. The number of sulfonamides is 1. The number of rotatable bonds is 11. The van der Waals surface area contributed by atoms with Crippen molar-refractivity contribution in [3.63, 3.8) is 0 Å². The van der Waals surface area contributed by atoms with Gasteiger partial charge in [-0.05, 0) is 61.9 Å². The minimum Gasteiger partial charge on any atom is -0.497 e. The van der Waals surface area contributed by atoms with Crippen LogP contribution in [0.4, 0.5) is 5.69 Å². The van der Waals surface area contributed by atoms with Gasteiger partial charge in [0.25, 0.3) is 0 Å². The first-order valence-corrected chi connectivity index (χ1v) is 15.2. The summed E-state index contributed by atoms with van der Waals surface area (Å²) in [5.74, 6) is 0.0609. The number of para-hydroxylation sites is 1. The second-order valence-electron chi connectivity index (χ2n) is 10.1. The van der Waals surface area contributed by atoms with Gasteiger partial charge in [-0.3, -0.25) is 13.9 Å². The van der Waals surface area contributed by atoms with E-state index in [0.717, 1.165) is 52.9 Å². The topological polar surface area (TPSA) is 96.0 Å². The summed E-state index contributed by atoms with van der Waals surface area (Å²) in [6.45, 7) is 5.30. The molecule has 1 atom stereocenters. The van der Waals surface area contributed by atoms with E-state index < -0.39 is 28.5 Å². The number of nitrogens with zero attached hydrogens (tertiary/aromatic N) is 2. The molecule has 8 nitrogen and oxygen atoms in total. The molecule has 0 bridgehead atoms. The predicted octanol–water partition coefficient (Wildman–Crippen LogP) is 4.33. The second kappa shape index (κ2) is 13.1. The van der Waals surface area contributed by atoms with Gasteiger partial charge in [0.15, 0.2) is 0 Å². The van der Waals surface area contributed by atoms with E-state index in [1.807, 2.05) is 51.1 Å². The average molecular weight is 544 g/mol. The Morgan fingerprint density at radius 2 is 1.63 bits per heavy atom. The van der Waals surface area contributed by atoms with Gasteiger partial charge >= 0.3 is 0 Å². The summed E-state index contributed by atoms with van der Waals surface area (Å²) in [5.41, 5.74) is 2.83. The van der Waals surface area contributed by atoms with Crippen LogP contribution in [0.2, 0.25) is 0 Å². The molecular formula is C29H41N3O5S. The third-order valence-corrected chi connectivity index (χ3v) is 8.33. The van der Waals surface area contributed by atoms with Gasteiger partial charge in [-0.25, -0.2) is 8.42 Å². The maximum absolute atomic E-state index is 13.9. The third-order valence-electron chi connectivity index (χ3n) is 7.22. The van der Waals surface area contributed by atoms with E-state index in [1.54, 1.807) is 19.2 Å². The first kappa shape index (κ1) is 29.5. The number of carbonyl (C=O) groups excluding carboxylic acids is 2. The van der Waals surface area contributed by atoms with Crippen molar-refractivity contribution in [1.29, 1.82) is 0 Å². The van der Waals surface area contributed by atoms with Gasteiger partial charge < -0.3 is 15.0 Å². The molecule has 0 radical (unpaired) electrons. The van der Waals surface area contributed by atoms with Crippen LogP contribution in [0.1, 0.15) is 62.1 Å². The summed E-state index contributed by atoms with van der Waals surface area (Å²) in [6, 6.07) is 12.2. The molecule has 0 saturated heterocycles. The summed E-state index contributed by atoms with van der Waals surface area (Å²) in [6.07, 6.45) is 6.71. The molecule has 38 heavy (non-hydrogen) atoms. The number of carbonyl (C=O) groups is 2. The van der Waals surface area contributed by atoms with Crippen LogP contribution < -0.4 is 14.4 Å². The number of nitrogens with one attached hydrogen (secondary N) is 1. The van der Waals surface area contributed by atoms with Gasteiger partial charge in [-0.15, -0.1) is 0 Å². The second-order valence-corrected chi connectivity index (χ2v) is 12.1. The van der Waals surface area contributed by atoms with E-state index in [4.69, 9.17) is 4.74 Å². The normalized spacial score (nSPS) is 15.0. The fourth-order valence-corrected chi connectivity index (χ4v) is 6.13. The molecule has 1 unspecified atom stereocenters. The molecule has 0 aromatic heterocycles. The highest BCUT2D eigenvalue weighted by molar-refractivity contribution is 7.92. The van der Waals surface area contributed by atoms with Crippen LogP contribution in [0.5, 0.6) is 5.75 Å². The van der Waals surface area contributed by atoms with Crippen LogP contribution in [0, 0.1) is 13.8 Å². The molecule has 1 fully saturated rings. The fraction of sp³-hybridized carbons (Fsp3) is 0.517. The zero-order valence-electron chi connectivity index (χ0n) is 23.2. The first-order valence-electron chi connectivity index (χ1n) is 13.3. The standard InChI is InChI=1S/C29H41N3O5S/c1-6-26(29(34)30-24-13-8-7-9-14-24)31(19-23-15-17-25(37-4)18-16-23)27(33)20-32(38(5,35)36)28-21(2)11-10-12-22(28)3/h10-12,15-18,24,26H,6-9,13-14,19-20H2,1-5H3,(H,30,34). The molecule has 0 spiro atoms. The van der Waals surface area contributed by atoms with Crippen molar-refractivity contribution in [2.45, 2.75) is 77.9 Å². The van der Waals surface area contributed by atoms with Gasteiger partial charge in [-0.2, -0.15) is 0 Å². The molecule has 1 aliphatic carbocycles. The number of amides is 2. The highest BCUT2D eigenvalue weighted by Crippen LogP contribution is 2.27. The van der Waals surface area contributed by atoms with E-state index in [9.17, 15) is 18.0 Å². The molecular weight excluding hydrogens is 502 g/mol. The summed E-state index contributed by atoms with van der Waals surface area (Å²) in [5, 5.41) is 3.16. The van der Waals surface area contributed by atoms with Crippen LogP contribution in [0.15, 0.2) is 42.5 Å². The smallest absolute Gasteiger partial charge is 0.244 e. The lowest BCUT2D eigenvalue weighted by atomic mass is 9.95. The highest BCUT2D eigenvalue weighted by atomic mass is 32.2. The number of ether oxygens (including phenoxy) is 1. The zero-order chi connectivity index (χ0) is 27.9. The maximum atomic E-state index is 13.9. The first-order chi connectivity index (χ1) is 18.0. The minimum absolute atomic E-state index is 0.102. The lowest BCUT2D eigenvalue weighted by Crippen LogP contribution is -2.54. The van der Waals surface area contributed by atoms with Crippen LogP contribution in [-0.2, 0) is 26.2 Å². The fourth-order valence-electron chi connectivity index (χ4n) is 5.17. The van der Waals surface area contributed by atoms with E-state index in [0.29, 0.717) is 17.9 Å². The molecule has 208 valence electrons. The Hall–Kier alpha value is -3.07. The quantitative estimate of drug-likeness (QED) is 0.455. The number of anilines is 1. The van der Waals surface area contributed by atoms with Gasteiger partial charge in [-0.1, -0.05) is 56.5 Å². The van der Waals surface area contributed by atoms with Crippen molar-refractivity contribution in [2.75, 3.05) is 24.2 Å².